The van der Waals surface area contributed by atoms with Gasteiger partial charge in [-0.15, -0.1) is 0 Å². The van der Waals surface area contributed by atoms with Crippen molar-refractivity contribution in [3.8, 4) is 0 Å². The Morgan fingerprint density at radius 3 is 2.60 bits per heavy atom. The second-order valence-corrected chi connectivity index (χ2v) is 4.63. The molecule has 0 radical (unpaired) electrons. The Morgan fingerprint density at radius 2 is 2.07 bits per heavy atom. The van der Waals surface area contributed by atoms with E-state index in [0.29, 0.717) is 10.0 Å². The van der Waals surface area contributed by atoms with E-state index < -0.39 is 5.82 Å². The van der Waals surface area contributed by atoms with E-state index in [4.69, 9.17) is 0 Å². The summed E-state index contributed by atoms with van der Waals surface area (Å²) in [5, 5.41) is 2.65. The van der Waals surface area contributed by atoms with Gasteiger partial charge in [-0.3, -0.25) is 4.79 Å². The minimum atomic E-state index is -0.462. The number of amides is 1. The number of carbonyl (C=O) groups excluding carboxylic acids is 1. The van der Waals surface area contributed by atoms with E-state index in [1.165, 1.54) is 6.07 Å². The van der Waals surface area contributed by atoms with Crippen molar-refractivity contribution in [1.82, 2.24) is 5.32 Å². The third kappa shape index (κ3) is 3.02. The first-order valence-electron chi connectivity index (χ1n) is 4.68. The van der Waals surface area contributed by atoms with Crippen molar-refractivity contribution in [2.75, 3.05) is 0 Å². The monoisotopic (exact) mass is 273 g/mol. The summed E-state index contributed by atoms with van der Waals surface area (Å²) in [6, 6.07) is 3.12. The smallest absolute Gasteiger partial charge is 0.254 e. The summed E-state index contributed by atoms with van der Waals surface area (Å²) in [6.45, 7) is 5.30. The van der Waals surface area contributed by atoms with Crippen molar-refractivity contribution in [2.45, 2.75) is 26.8 Å². The summed E-state index contributed by atoms with van der Waals surface area (Å²) in [4.78, 5) is 11.6. The molecule has 4 heteroatoms. The third-order valence-corrected chi connectivity index (χ3v) is 2.34. The molecule has 0 unspecified atom stereocenters. The lowest BCUT2D eigenvalue weighted by molar-refractivity contribution is 0.0939. The van der Waals surface area contributed by atoms with Gasteiger partial charge >= 0.3 is 0 Å². The number of hydrogen-bond acceptors (Lipinski definition) is 1. The van der Waals surface area contributed by atoms with Gasteiger partial charge in [0.1, 0.15) is 5.82 Å². The van der Waals surface area contributed by atoms with Crippen LogP contribution in [0.25, 0.3) is 0 Å². The summed E-state index contributed by atoms with van der Waals surface area (Å²) in [6.07, 6.45) is 0. The topological polar surface area (TPSA) is 29.1 Å². The van der Waals surface area contributed by atoms with Crippen LogP contribution in [0.5, 0.6) is 0 Å². The van der Waals surface area contributed by atoms with Gasteiger partial charge in [0.2, 0.25) is 0 Å². The molecule has 0 heterocycles. The Bertz CT molecular complexity index is 390. The second kappa shape index (κ2) is 4.75. The van der Waals surface area contributed by atoms with Gasteiger partial charge in [0.25, 0.3) is 5.91 Å². The minimum absolute atomic E-state index is 0.00353. The molecule has 0 aliphatic rings. The van der Waals surface area contributed by atoms with Crippen LogP contribution in [0.15, 0.2) is 16.6 Å². The standard InChI is InChI=1S/C11H13BrFNO/c1-6(2)14-11(15)9-5-8(12)4-7(3)10(9)13/h4-6H,1-3H3,(H,14,15). The molecule has 1 aromatic rings. The van der Waals surface area contributed by atoms with E-state index in [1.54, 1.807) is 13.0 Å². The first kappa shape index (κ1) is 12.2. The van der Waals surface area contributed by atoms with E-state index >= 15 is 0 Å². The molecule has 1 aromatic carbocycles. The van der Waals surface area contributed by atoms with Crippen molar-refractivity contribution in [2.24, 2.45) is 0 Å². The Balaban J connectivity index is 3.08. The summed E-state index contributed by atoms with van der Waals surface area (Å²) in [5.74, 6) is -0.844. The molecular formula is C11H13BrFNO. The fraction of sp³-hybridized carbons (Fsp3) is 0.364. The summed E-state index contributed by atoms with van der Waals surface area (Å²) >= 11 is 3.23. The lowest BCUT2D eigenvalue weighted by Gasteiger charge is -2.10. The predicted octanol–water partition coefficient (Wildman–Crippen LogP) is 3.03. The van der Waals surface area contributed by atoms with Gasteiger partial charge in [-0.25, -0.2) is 4.39 Å². The Kier molecular flexibility index (Phi) is 3.85. The number of rotatable bonds is 2. The van der Waals surface area contributed by atoms with Crippen LogP contribution < -0.4 is 5.32 Å². The zero-order chi connectivity index (χ0) is 11.6. The highest BCUT2D eigenvalue weighted by atomic mass is 79.9. The zero-order valence-electron chi connectivity index (χ0n) is 8.90. The van der Waals surface area contributed by atoms with Crippen LogP contribution in [0.3, 0.4) is 0 Å². The molecule has 0 saturated heterocycles. The molecule has 0 fully saturated rings. The number of aryl methyl sites for hydroxylation is 1. The van der Waals surface area contributed by atoms with Crippen molar-refractivity contribution in [1.29, 1.82) is 0 Å². The SMILES string of the molecule is Cc1cc(Br)cc(C(=O)NC(C)C)c1F. The number of hydrogen-bond donors (Lipinski definition) is 1. The van der Waals surface area contributed by atoms with Crippen LogP contribution in [-0.2, 0) is 0 Å². The first-order chi connectivity index (χ1) is 6.91. The molecule has 1 amide bonds. The van der Waals surface area contributed by atoms with E-state index in [0.717, 1.165) is 0 Å². The van der Waals surface area contributed by atoms with Crippen LogP contribution in [0, 0.1) is 12.7 Å². The fourth-order valence-electron chi connectivity index (χ4n) is 1.23. The van der Waals surface area contributed by atoms with E-state index in [-0.39, 0.29) is 17.5 Å². The Hall–Kier alpha value is -0.900. The van der Waals surface area contributed by atoms with Crippen LogP contribution in [0.2, 0.25) is 0 Å². The first-order valence-corrected chi connectivity index (χ1v) is 5.47. The van der Waals surface area contributed by atoms with E-state index in [1.807, 2.05) is 13.8 Å². The van der Waals surface area contributed by atoms with Crippen LogP contribution in [-0.4, -0.2) is 11.9 Å². The van der Waals surface area contributed by atoms with Crippen LogP contribution in [0.1, 0.15) is 29.8 Å². The fourth-order valence-corrected chi connectivity index (χ4v) is 1.80. The average Bonchev–Trinajstić information content (AvgIpc) is 2.09. The number of benzene rings is 1. The van der Waals surface area contributed by atoms with Gasteiger partial charge in [0.15, 0.2) is 0 Å². The molecule has 2 nitrogen and oxygen atoms in total. The Morgan fingerprint density at radius 1 is 1.47 bits per heavy atom. The van der Waals surface area contributed by atoms with Gasteiger partial charge in [0.05, 0.1) is 5.56 Å². The molecule has 0 aromatic heterocycles. The molecular weight excluding hydrogens is 261 g/mol. The molecule has 82 valence electrons. The number of halogens is 2. The zero-order valence-corrected chi connectivity index (χ0v) is 10.5. The highest BCUT2D eigenvalue weighted by Gasteiger charge is 2.15. The normalized spacial score (nSPS) is 10.5. The minimum Gasteiger partial charge on any atom is -0.350 e. The van der Waals surface area contributed by atoms with Gasteiger partial charge in [-0.1, -0.05) is 15.9 Å². The summed E-state index contributed by atoms with van der Waals surface area (Å²) < 4.78 is 14.3. The van der Waals surface area contributed by atoms with Crippen molar-refractivity contribution < 1.29 is 9.18 Å². The lowest BCUT2D eigenvalue weighted by atomic mass is 10.1. The molecule has 0 spiro atoms. The maximum absolute atomic E-state index is 13.6. The average molecular weight is 274 g/mol. The van der Waals surface area contributed by atoms with Gasteiger partial charge in [-0.2, -0.15) is 0 Å². The molecule has 1 rings (SSSR count). The number of carbonyl (C=O) groups is 1. The summed E-state index contributed by atoms with van der Waals surface area (Å²) in [5.41, 5.74) is 0.536. The molecule has 0 aliphatic heterocycles. The largest absolute Gasteiger partial charge is 0.350 e. The Labute approximate surface area is 97.0 Å². The van der Waals surface area contributed by atoms with Gasteiger partial charge < -0.3 is 5.32 Å². The second-order valence-electron chi connectivity index (χ2n) is 3.71. The summed E-state index contributed by atoms with van der Waals surface area (Å²) in [7, 11) is 0. The molecule has 1 N–H and O–H groups in total. The molecule has 0 aliphatic carbocycles. The van der Waals surface area contributed by atoms with Crippen molar-refractivity contribution in [3.05, 3.63) is 33.5 Å². The highest BCUT2D eigenvalue weighted by molar-refractivity contribution is 9.10. The number of nitrogens with one attached hydrogen (secondary N) is 1. The van der Waals surface area contributed by atoms with Gasteiger partial charge in [0, 0.05) is 10.5 Å². The highest BCUT2D eigenvalue weighted by Crippen LogP contribution is 2.19. The van der Waals surface area contributed by atoms with E-state index in [9.17, 15) is 9.18 Å². The molecule has 15 heavy (non-hydrogen) atoms. The quantitative estimate of drug-likeness (QED) is 0.882. The maximum atomic E-state index is 13.6. The maximum Gasteiger partial charge on any atom is 0.254 e. The van der Waals surface area contributed by atoms with Crippen LogP contribution >= 0.6 is 15.9 Å². The van der Waals surface area contributed by atoms with E-state index in [2.05, 4.69) is 21.2 Å². The van der Waals surface area contributed by atoms with Crippen LogP contribution in [0.4, 0.5) is 4.39 Å². The third-order valence-electron chi connectivity index (χ3n) is 1.88. The van der Waals surface area contributed by atoms with Crippen molar-refractivity contribution >= 4 is 21.8 Å². The van der Waals surface area contributed by atoms with Crippen molar-refractivity contribution in [3.63, 3.8) is 0 Å². The van der Waals surface area contributed by atoms with Gasteiger partial charge in [-0.05, 0) is 38.5 Å². The molecule has 0 bridgehead atoms. The lowest BCUT2D eigenvalue weighted by Crippen LogP contribution is -2.30. The molecule has 0 saturated carbocycles. The predicted molar refractivity (Wildman–Crippen MR) is 61.4 cm³/mol. The molecule has 0 atom stereocenters.